The first kappa shape index (κ1) is 29.1. The standard InChI is InChI=1S/C32H36N2O5S/c1-33(40(3,37)38)29-19-17-27(18-20-29)26-15-12-25(13-16-26)23-34(32(36)28-9-5-4-6-10-28)30-11-7-8-24(22-30)14-21-31(35)39-2/h7-8,11-22,28H,4-6,9-10,23H2,1-3H3/b21-14+. The summed E-state index contributed by atoms with van der Waals surface area (Å²) in [6.07, 6.45) is 9.35. The molecule has 0 radical (unpaired) electrons. The van der Waals surface area contributed by atoms with E-state index < -0.39 is 16.0 Å². The molecule has 1 fully saturated rings. The Balaban J connectivity index is 1.57. The molecule has 0 unspecified atom stereocenters. The van der Waals surface area contributed by atoms with Crippen molar-refractivity contribution >= 4 is 39.4 Å². The van der Waals surface area contributed by atoms with Crippen LogP contribution in [0.1, 0.15) is 43.2 Å². The summed E-state index contributed by atoms with van der Waals surface area (Å²) < 4.78 is 29.6. The van der Waals surface area contributed by atoms with Gasteiger partial charge < -0.3 is 9.64 Å². The van der Waals surface area contributed by atoms with Gasteiger partial charge in [0, 0.05) is 24.7 Å². The van der Waals surface area contributed by atoms with Crippen molar-refractivity contribution in [3.63, 3.8) is 0 Å². The molecule has 1 aliphatic carbocycles. The fraction of sp³-hybridized carbons (Fsp3) is 0.312. The minimum absolute atomic E-state index is 0.00544. The maximum atomic E-state index is 13.8. The van der Waals surface area contributed by atoms with Crippen LogP contribution in [0, 0.1) is 5.92 Å². The summed E-state index contributed by atoms with van der Waals surface area (Å²) in [5, 5.41) is 0. The molecule has 40 heavy (non-hydrogen) atoms. The number of sulfonamides is 1. The first-order chi connectivity index (χ1) is 19.2. The van der Waals surface area contributed by atoms with Gasteiger partial charge in [-0.1, -0.05) is 67.8 Å². The highest BCUT2D eigenvalue weighted by Crippen LogP contribution is 2.30. The molecule has 0 N–H and O–H groups in total. The van der Waals surface area contributed by atoms with Gasteiger partial charge in [0.2, 0.25) is 15.9 Å². The predicted octanol–water partition coefficient (Wildman–Crippen LogP) is 6.05. The normalized spacial score (nSPS) is 14.2. The number of esters is 1. The number of nitrogens with zero attached hydrogens (tertiary/aromatic N) is 2. The van der Waals surface area contributed by atoms with E-state index in [1.54, 1.807) is 18.2 Å². The summed E-state index contributed by atoms with van der Waals surface area (Å²) in [4.78, 5) is 27.2. The van der Waals surface area contributed by atoms with Crippen molar-refractivity contribution in [1.29, 1.82) is 0 Å². The molecule has 3 aromatic rings. The van der Waals surface area contributed by atoms with Gasteiger partial charge in [-0.25, -0.2) is 13.2 Å². The third-order valence-electron chi connectivity index (χ3n) is 7.37. The molecule has 0 spiro atoms. The molecular weight excluding hydrogens is 524 g/mol. The average molecular weight is 561 g/mol. The molecule has 0 aromatic heterocycles. The number of anilines is 2. The van der Waals surface area contributed by atoms with Crippen molar-refractivity contribution in [3.8, 4) is 11.1 Å². The molecule has 4 rings (SSSR count). The zero-order valence-corrected chi connectivity index (χ0v) is 24.1. The van der Waals surface area contributed by atoms with Crippen molar-refractivity contribution in [2.24, 2.45) is 5.92 Å². The lowest BCUT2D eigenvalue weighted by atomic mass is 9.88. The molecule has 0 heterocycles. The van der Waals surface area contributed by atoms with Gasteiger partial charge in [0.1, 0.15) is 0 Å². The van der Waals surface area contributed by atoms with E-state index in [-0.39, 0.29) is 11.8 Å². The number of methoxy groups -OCH3 is 1. The number of rotatable bonds is 9. The molecule has 3 aromatic carbocycles. The van der Waals surface area contributed by atoms with Gasteiger partial charge in [0.25, 0.3) is 0 Å². The minimum Gasteiger partial charge on any atom is -0.466 e. The fourth-order valence-electron chi connectivity index (χ4n) is 4.94. The van der Waals surface area contributed by atoms with E-state index in [2.05, 4.69) is 0 Å². The van der Waals surface area contributed by atoms with Gasteiger partial charge in [-0.2, -0.15) is 0 Å². The number of amides is 1. The van der Waals surface area contributed by atoms with Crippen LogP contribution in [0.15, 0.2) is 78.9 Å². The average Bonchev–Trinajstić information content (AvgIpc) is 2.98. The summed E-state index contributed by atoms with van der Waals surface area (Å²) in [6.45, 7) is 0.428. The molecule has 7 nitrogen and oxygen atoms in total. The Kier molecular flexibility index (Phi) is 9.42. The highest BCUT2D eigenvalue weighted by Gasteiger charge is 2.27. The molecule has 210 valence electrons. The van der Waals surface area contributed by atoms with E-state index in [9.17, 15) is 18.0 Å². The molecule has 1 aliphatic rings. The molecule has 1 amide bonds. The van der Waals surface area contributed by atoms with Gasteiger partial charge >= 0.3 is 5.97 Å². The van der Waals surface area contributed by atoms with Gasteiger partial charge in [0.15, 0.2) is 0 Å². The van der Waals surface area contributed by atoms with E-state index in [0.717, 1.165) is 53.6 Å². The SMILES string of the molecule is COC(=O)/C=C/c1cccc(N(Cc2ccc(-c3ccc(N(C)S(C)(=O)=O)cc3)cc2)C(=O)C2CCCCC2)c1. The third kappa shape index (κ3) is 7.39. The molecule has 0 bridgehead atoms. The molecule has 1 saturated carbocycles. The monoisotopic (exact) mass is 560 g/mol. The second-order valence-electron chi connectivity index (χ2n) is 10.2. The smallest absolute Gasteiger partial charge is 0.330 e. The van der Waals surface area contributed by atoms with Crippen LogP contribution < -0.4 is 9.21 Å². The third-order valence-corrected chi connectivity index (χ3v) is 8.58. The van der Waals surface area contributed by atoms with Crippen LogP contribution in [-0.2, 0) is 30.9 Å². The van der Waals surface area contributed by atoms with Crippen molar-refractivity contribution in [3.05, 3.63) is 90.0 Å². The summed E-state index contributed by atoms with van der Waals surface area (Å²) in [5.41, 5.74) is 5.16. The largest absolute Gasteiger partial charge is 0.466 e. The van der Waals surface area contributed by atoms with E-state index >= 15 is 0 Å². The Labute approximate surface area is 237 Å². The minimum atomic E-state index is -3.32. The van der Waals surface area contributed by atoms with E-state index in [0.29, 0.717) is 12.2 Å². The predicted molar refractivity (Wildman–Crippen MR) is 160 cm³/mol. The highest BCUT2D eigenvalue weighted by atomic mass is 32.2. The number of carbonyl (C=O) groups excluding carboxylic acids is 2. The lowest BCUT2D eigenvalue weighted by Gasteiger charge is -2.30. The molecule has 0 aliphatic heterocycles. The number of hydrogen-bond donors (Lipinski definition) is 0. The Morgan fingerprint density at radius 1 is 0.900 bits per heavy atom. The van der Waals surface area contributed by atoms with E-state index in [4.69, 9.17) is 4.74 Å². The van der Waals surface area contributed by atoms with Crippen LogP contribution >= 0.6 is 0 Å². The molecule has 8 heteroatoms. The number of ether oxygens (including phenoxy) is 1. The summed E-state index contributed by atoms with van der Waals surface area (Å²) in [6, 6.07) is 23.1. The van der Waals surface area contributed by atoms with Crippen molar-refractivity contribution in [2.75, 3.05) is 29.6 Å². The van der Waals surface area contributed by atoms with Crippen LogP contribution in [-0.4, -0.2) is 40.7 Å². The molecule has 0 saturated heterocycles. The molecular formula is C32H36N2O5S. The quantitative estimate of drug-likeness (QED) is 0.235. The second kappa shape index (κ2) is 13.0. The number of carbonyl (C=O) groups is 2. The topological polar surface area (TPSA) is 84.0 Å². The first-order valence-electron chi connectivity index (χ1n) is 13.5. The van der Waals surface area contributed by atoms with Crippen LogP contribution in [0.2, 0.25) is 0 Å². The van der Waals surface area contributed by atoms with Crippen LogP contribution in [0.5, 0.6) is 0 Å². The zero-order valence-electron chi connectivity index (χ0n) is 23.2. The summed E-state index contributed by atoms with van der Waals surface area (Å²) in [7, 11) is -0.452. The van der Waals surface area contributed by atoms with E-state index in [1.807, 2.05) is 65.6 Å². The molecule has 0 atom stereocenters. The highest BCUT2D eigenvalue weighted by molar-refractivity contribution is 7.92. The van der Waals surface area contributed by atoms with Gasteiger partial charge in [-0.15, -0.1) is 0 Å². The maximum absolute atomic E-state index is 13.8. The lowest BCUT2D eigenvalue weighted by Crippen LogP contribution is -2.36. The first-order valence-corrected chi connectivity index (χ1v) is 15.3. The zero-order chi connectivity index (χ0) is 28.7. The Morgan fingerprint density at radius 2 is 1.52 bits per heavy atom. The maximum Gasteiger partial charge on any atom is 0.330 e. The van der Waals surface area contributed by atoms with Gasteiger partial charge in [-0.05, 0) is 65.4 Å². The Hall–Kier alpha value is -3.91. The number of benzene rings is 3. The van der Waals surface area contributed by atoms with Crippen molar-refractivity contribution in [2.45, 2.75) is 38.6 Å². The summed E-state index contributed by atoms with van der Waals surface area (Å²) in [5.74, 6) is -0.299. The lowest BCUT2D eigenvalue weighted by molar-refractivity contribution is -0.134. The number of hydrogen-bond acceptors (Lipinski definition) is 5. The Morgan fingerprint density at radius 3 is 2.12 bits per heavy atom. The van der Waals surface area contributed by atoms with Gasteiger partial charge in [-0.3, -0.25) is 9.10 Å². The van der Waals surface area contributed by atoms with E-state index in [1.165, 1.54) is 37.2 Å². The fourth-order valence-corrected chi connectivity index (χ4v) is 5.44. The van der Waals surface area contributed by atoms with Crippen molar-refractivity contribution < 1.29 is 22.7 Å². The van der Waals surface area contributed by atoms with Crippen LogP contribution in [0.25, 0.3) is 17.2 Å². The van der Waals surface area contributed by atoms with Crippen molar-refractivity contribution in [1.82, 2.24) is 0 Å². The summed E-state index contributed by atoms with van der Waals surface area (Å²) >= 11 is 0. The second-order valence-corrected chi connectivity index (χ2v) is 12.2. The Bertz CT molecular complexity index is 1460. The van der Waals surface area contributed by atoms with Gasteiger partial charge in [0.05, 0.1) is 25.6 Å². The van der Waals surface area contributed by atoms with Crippen LogP contribution in [0.3, 0.4) is 0 Å². The van der Waals surface area contributed by atoms with Crippen LogP contribution in [0.4, 0.5) is 11.4 Å².